The molecule has 1 aliphatic heterocycles. The summed E-state index contributed by atoms with van der Waals surface area (Å²) in [6, 6.07) is 18.6. The lowest BCUT2D eigenvalue weighted by Gasteiger charge is -2.12. The smallest absolute Gasteiger partial charge is 0.287 e. The average Bonchev–Trinajstić information content (AvgIpc) is 3.37. The highest BCUT2D eigenvalue weighted by Crippen LogP contribution is 2.46. The van der Waals surface area contributed by atoms with E-state index in [-0.39, 0.29) is 0 Å². The Bertz CT molecular complexity index is 1480. The summed E-state index contributed by atoms with van der Waals surface area (Å²) in [4.78, 5) is 7.72. The van der Waals surface area contributed by atoms with Gasteiger partial charge in [-0.15, -0.1) is 0 Å². The number of nitrogens with zero attached hydrogens (tertiary/aromatic N) is 4. The minimum atomic E-state index is 0.882. The van der Waals surface area contributed by atoms with E-state index in [0.29, 0.717) is 0 Å². The second kappa shape index (κ2) is 10.1. The molecule has 3 heterocycles. The first-order valence-electron chi connectivity index (χ1n) is 11.4. The van der Waals surface area contributed by atoms with Crippen molar-refractivity contribution in [1.82, 2.24) is 9.55 Å². The maximum absolute atomic E-state index is 5.35. The number of methoxy groups -OCH3 is 1. The maximum atomic E-state index is 5.35. The number of pyridine rings is 1. The van der Waals surface area contributed by atoms with Gasteiger partial charge in [-0.1, -0.05) is 54.3 Å². The van der Waals surface area contributed by atoms with Crippen molar-refractivity contribution in [3.63, 3.8) is 0 Å². The molecule has 4 aromatic rings. The molecule has 5 nitrogen and oxygen atoms in total. The van der Waals surface area contributed by atoms with Crippen LogP contribution in [0.4, 0.5) is 5.69 Å². The van der Waals surface area contributed by atoms with E-state index in [1.54, 1.807) is 25.1 Å². The molecule has 0 saturated carbocycles. The van der Waals surface area contributed by atoms with Crippen molar-refractivity contribution in [1.29, 1.82) is 0 Å². The van der Waals surface area contributed by atoms with E-state index >= 15 is 0 Å². The van der Waals surface area contributed by atoms with Gasteiger partial charge in [0.2, 0.25) is 0 Å². The second-order valence-electron chi connectivity index (χ2n) is 8.08. The van der Waals surface area contributed by atoms with Gasteiger partial charge in [-0.2, -0.15) is 4.57 Å². The first-order chi connectivity index (χ1) is 17.2. The van der Waals surface area contributed by atoms with Crippen LogP contribution in [-0.4, -0.2) is 23.7 Å². The molecule has 0 atom stereocenters. The Morgan fingerprint density at radius 3 is 2.63 bits per heavy atom. The molecular formula is C29H27N4OS+. The Kier molecular flexibility index (Phi) is 6.55. The van der Waals surface area contributed by atoms with Crippen molar-refractivity contribution < 1.29 is 9.30 Å². The number of ether oxygens (including phenoxy) is 1. The molecular weight excluding hydrogens is 452 g/mol. The number of hydrogen-bond donors (Lipinski definition) is 0. The molecule has 2 aromatic heterocycles. The molecule has 0 bridgehead atoms. The first kappa shape index (κ1) is 22.7. The number of hydrogen-bond acceptors (Lipinski definition) is 4. The molecule has 0 N–H and O–H groups in total. The van der Waals surface area contributed by atoms with Gasteiger partial charge in [0.25, 0.3) is 5.82 Å². The van der Waals surface area contributed by atoms with Gasteiger partial charge >= 0.3 is 0 Å². The summed E-state index contributed by atoms with van der Waals surface area (Å²) in [5.41, 5.74) is 4.56. The van der Waals surface area contributed by atoms with Crippen LogP contribution in [0.2, 0.25) is 0 Å². The number of fused-ring (bicyclic) bond motifs is 2. The zero-order valence-corrected chi connectivity index (χ0v) is 20.8. The molecule has 174 valence electrons. The third-order valence-corrected chi connectivity index (χ3v) is 7.13. The third-order valence-electron chi connectivity index (χ3n) is 5.96. The van der Waals surface area contributed by atoms with E-state index in [4.69, 9.17) is 4.74 Å². The highest BCUT2D eigenvalue weighted by atomic mass is 32.2. The molecule has 0 spiro atoms. The lowest BCUT2D eigenvalue weighted by atomic mass is 10.3. The molecule has 0 radical (unpaired) electrons. The number of para-hydroxylation sites is 2. The third kappa shape index (κ3) is 4.53. The number of allylic oxidation sites excluding steroid dienone is 6. The largest absolute Gasteiger partial charge is 0.497 e. The normalized spacial score (nSPS) is 14.8. The van der Waals surface area contributed by atoms with Crippen LogP contribution >= 0.6 is 11.8 Å². The van der Waals surface area contributed by atoms with Crippen LogP contribution in [0.25, 0.3) is 22.8 Å². The van der Waals surface area contributed by atoms with Gasteiger partial charge in [0, 0.05) is 24.2 Å². The summed E-state index contributed by atoms with van der Waals surface area (Å²) in [7, 11) is 5.88. The highest BCUT2D eigenvalue weighted by molar-refractivity contribution is 8.03. The molecule has 0 aliphatic carbocycles. The van der Waals surface area contributed by atoms with E-state index in [2.05, 4.69) is 99.9 Å². The van der Waals surface area contributed by atoms with E-state index in [0.717, 1.165) is 22.8 Å². The summed E-state index contributed by atoms with van der Waals surface area (Å²) in [6.45, 7) is 0. The van der Waals surface area contributed by atoms with Crippen molar-refractivity contribution in [2.75, 3.05) is 19.1 Å². The zero-order valence-electron chi connectivity index (χ0n) is 20.0. The van der Waals surface area contributed by atoms with Gasteiger partial charge in [0.05, 0.1) is 31.1 Å². The molecule has 35 heavy (non-hydrogen) atoms. The van der Waals surface area contributed by atoms with Crippen LogP contribution in [0.15, 0.2) is 113 Å². The topological polar surface area (TPSA) is 34.2 Å². The van der Waals surface area contributed by atoms with E-state index in [1.807, 2.05) is 36.6 Å². The monoisotopic (exact) mass is 479 g/mol. The summed E-state index contributed by atoms with van der Waals surface area (Å²) in [6.07, 6.45) is 18.2. The van der Waals surface area contributed by atoms with Crippen LogP contribution < -0.4 is 14.2 Å². The van der Waals surface area contributed by atoms with Gasteiger partial charge in [0.15, 0.2) is 16.7 Å². The predicted octanol–water partition coefficient (Wildman–Crippen LogP) is 6.07. The molecule has 0 amide bonds. The first-order valence-corrected chi connectivity index (χ1v) is 12.2. The van der Waals surface area contributed by atoms with Crippen molar-refractivity contribution in [3.8, 4) is 11.4 Å². The lowest BCUT2D eigenvalue weighted by molar-refractivity contribution is -0.647. The van der Waals surface area contributed by atoms with Crippen LogP contribution in [0.1, 0.15) is 5.82 Å². The Hall–Kier alpha value is -4.03. The standard InChI is InChI=1S/C29H27N4OS/c1-31-24-13-9-10-14-25(24)33(22-12-11-19-30-21-22)28(31)15-7-5-4-6-8-16-29-32(2)26-18-17-23(34-3)20-27(26)35-29/h4-21H,1-3H3/q+1. The Morgan fingerprint density at radius 1 is 0.971 bits per heavy atom. The predicted molar refractivity (Wildman–Crippen MR) is 145 cm³/mol. The summed E-state index contributed by atoms with van der Waals surface area (Å²) in [5.74, 6) is 1.96. The van der Waals surface area contributed by atoms with Gasteiger partial charge in [-0.25, -0.2) is 4.57 Å². The van der Waals surface area contributed by atoms with Crippen LogP contribution in [-0.2, 0) is 7.05 Å². The van der Waals surface area contributed by atoms with Gasteiger partial charge < -0.3 is 9.64 Å². The fourth-order valence-corrected chi connectivity index (χ4v) is 5.27. The number of benzene rings is 2. The highest BCUT2D eigenvalue weighted by Gasteiger charge is 2.22. The number of aromatic nitrogens is 3. The quantitative estimate of drug-likeness (QED) is 0.248. The second-order valence-corrected chi connectivity index (χ2v) is 9.14. The SMILES string of the molecule is COc1ccc2c(c1)S\C(=C/C=C/C=C/C=C/c1n(-c3cccnc3)c3ccccc3[n+]1C)N2C. The number of rotatable bonds is 6. The van der Waals surface area contributed by atoms with Crippen LogP contribution in [0.3, 0.4) is 0 Å². The van der Waals surface area contributed by atoms with Crippen molar-refractivity contribution in [2.24, 2.45) is 7.05 Å². The van der Waals surface area contributed by atoms with Crippen molar-refractivity contribution in [3.05, 3.63) is 114 Å². The number of aryl methyl sites for hydroxylation is 1. The number of imidazole rings is 1. The van der Waals surface area contributed by atoms with E-state index in [9.17, 15) is 0 Å². The molecule has 6 heteroatoms. The number of thioether (sulfide) groups is 1. The molecule has 0 fully saturated rings. The fraction of sp³-hybridized carbons (Fsp3) is 0.103. The fourth-order valence-electron chi connectivity index (χ4n) is 4.18. The van der Waals surface area contributed by atoms with Gasteiger partial charge in [-0.05, 0) is 48.5 Å². The summed E-state index contributed by atoms with van der Waals surface area (Å²) >= 11 is 1.75. The van der Waals surface area contributed by atoms with Gasteiger partial charge in [-0.3, -0.25) is 4.98 Å². The summed E-state index contributed by atoms with van der Waals surface area (Å²) < 4.78 is 9.78. The Morgan fingerprint density at radius 2 is 1.80 bits per heavy atom. The Balaban J connectivity index is 1.32. The minimum absolute atomic E-state index is 0.882. The van der Waals surface area contributed by atoms with E-state index in [1.165, 1.54) is 21.1 Å². The molecule has 2 aromatic carbocycles. The maximum Gasteiger partial charge on any atom is 0.287 e. The molecule has 1 aliphatic rings. The van der Waals surface area contributed by atoms with E-state index < -0.39 is 0 Å². The zero-order chi connectivity index (χ0) is 24.2. The molecule has 0 unspecified atom stereocenters. The van der Waals surface area contributed by atoms with Crippen molar-refractivity contribution >= 4 is 34.6 Å². The van der Waals surface area contributed by atoms with Crippen molar-refractivity contribution in [2.45, 2.75) is 4.90 Å². The molecule has 5 rings (SSSR count). The average molecular weight is 480 g/mol. The lowest BCUT2D eigenvalue weighted by Crippen LogP contribution is -2.30. The van der Waals surface area contributed by atoms with Gasteiger partial charge in [0.1, 0.15) is 5.75 Å². The molecule has 0 saturated heterocycles. The minimum Gasteiger partial charge on any atom is -0.497 e. The number of anilines is 1. The Labute approximate surface area is 210 Å². The summed E-state index contributed by atoms with van der Waals surface area (Å²) in [5, 5.41) is 1.18. The van der Waals surface area contributed by atoms with Crippen LogP contribution in [0.5, 0.6) is 5.75 Å². The van der Waals surface area contributed by atoms with Crippen LogP contribution in [0, 0.1) is 0 Å².